The van der Waals surface area contributed by atoms with Crippen molar-refractivity contribution in [3.63, 3.8) is 0 Å². The van der Waals surface area contributed by atoms with Crippen LogP contribution in [0.15, 0.2) is 34.1 Å². The van der Waals surface area contributed by atoms with Gasteiger partial charge < -0.3 is 9.72 Å². The third-order valence-electron chi connectivity index (χ3n) is 3.93. The zero-order chi connectivity index (χ0) is 13.0. The van der Waals surface area contributed by atoms with E-state index in [2.05, 4.69) is 18.0 Å². The number of benzene rings is 1. The van der Waals surface area contributed by atoms with Crippen molar-refractivity contribution in [2.75, 3.05) is 12.4 Å². The summed E-state index contributed by atoms with van der Waals surface area (Å²) in [6, 6.07) is 8.19. The molecule has 0 fully saturated rings. The van der Waals surface area contributed by atoms with Crippen LogP contribution in [0.5, 0.6) is 5.75 Å². The van der Waals surface area contributed by atoms with Crippen LogP contribution >= 0.6 is 23.1 Å². The molecule has 0 aliphatic carbocycles. The van der Waals surface area contributed by atoms with Crippen LogP contribution < -0.4 is 9.61 Å². The zero-order valence-corrected chi connectivity index (χ0v) is 12.1. The van der Waals surface area contributed by atoms with Gasteiger partial charge in [0.05, 0.1) is 11.6 Å². The first-order valence-corrected chi connectivity index (χ1v) is 8.05. The molecule has 3 nitrogen and oxygen atoms in total. The minimum atomic E-state index is 0.0470. The van der Waals surface area contributed by atoms with E-state index in [9.17, 15) is 4.79 Å². The minimum absolute atomic E-state index is 0.0470. The first-order valence-electron chi connectivity index (χ1n) is 6.25. The van der Waals surface area contributed by atoms with Crippen LogP contribution in [0.1, 0.15) is 23.3 Å². The number of nitrogens with one attached hydrogen (secondary N) is 1. The highest BCUT2D eigenvalue weighted by molar-refractivity contribution is 7.99. The Morgan fingerprint density at radius 2 is 2.26 bits per heavy atom. The molecule has 98 valence electrons. The van der Waals surface area contributed by atoms with Crippen molar-refractivity contribution in [2.24, 2.45) is 5.41 Å². The third-order valence-corrected chi connectivity index (χ3v) is 6.43. The maximum Gasteiger partial charge on any atom is 0.305 e. The van der Waals surface area contributed by atoms with E-state index in [0.717, 1.165) is 16.5 Å². The summed E-state index contributed by atoms with van der Waals surface area (Å²) in [7, 11) is 0. The molecule has 0 saturated carbocycles. The lowest BCUT2D eigenvalue weighted by Crippen LogP contribution is -2.40. The average molecular weight is 291 g/mol. The maximum atomic E-state index is 11.7. The van der Waals surface area contributed by atoms with E-state index in [0.29, 0.717) is 6.61 Å². The zero-order valence-electron chi connectivity index (χ0n) is 10.4. The number of H-pyrrole nitrogens is 1. The molecule has 0 spiro atoms. The van der Waals surface area contributed by atoms with Crippen molar-refractivity contribution in [2.45, 2.75) is 17.9 Å². The summed E-state index contributed by atoms with van der Waals surface area (Å²) >= 11 is 3.09. The van der Waals surface area contributed by atoms with E-state index >= 15 is 0 Å². The molecule has 0 bridgehead atoms. The van der Waals surface area contributed by atoms with Gasteiger partial charge in [0.1, 0.15) is 5.75 Å². The molecule has 4 rings (SSSR count). The molecule has 0 radical (unpaired) electrons. The maximum absolute atomic E-state index is 11.7. The molecule has 5 heteroatoms. The fraction of sp³-hybridized carbons (Fsp3) is 0.357. The number of hydrogen-bond acceptors (Lipinski definition) is 4. The quantitative estimate of drug-likeness (QED) is 0.811. The molecule has 2 aromatic rings. The van der Waals surface area contributed by atoms with Gasteiger partial charge in [-0.1, -0.05) is 36.5 Å². The van der Waals surface area contributed by atoms with Gasteiger partial charge in [0.25, 0.3) is 0 Å². The second kappa shape index (κ2) is 3.90. The summed E-state index contributed by atoms with van der Waals surface area (Å²) in [5.74, 6) is 2.22. The fourth-order valence-electron chi connectivity index (χ4n) is 2.99. The molecule has 2 aliphatic heterocycles. The van der Waals surface area contributed by atoms with Crippen molar-refractivity contribution >= 4 is 23.1 Å². The van der Waals surface area contributed by atoms with E-state index in [1.165, 1.54) is 21.8 Å². The van der Waals surface area contributed by atoms with Gasteiger partial charge >= 0.3 is 4.87 Å². The molecule has 2 atom stereocenters. The van der Waals surface area contributed by atoms with Crippen LogP contribution in [-0.2, 0) is 0 Å². The van der Waals surface area contributed by atoms with Gasteiger partial charge in [-0.2, -0.15) is 0 Å². The number of thioether (sulfide) groups is 1. The van der Waals surface area contributed by atoms with E-state index in [1.807, 2.05) is 18.2 Å². The van der Waals surface area contributed by atoms with Gasteiger partial charge in [-0.15, -0.1) is 11.8 Å². The number of aromatic amines is 1. The van der Waals surface area contributed by atoms with Crippen LogP contribution in [0.2, 0.25) is 0 Å². The number of rotatable bonds is 0. The summed E-state index contributed by atoms with van der Waals surface area (Å²) in [5.41, 5.74) is 1.28. The summed E-state index contributed by atoms with van der Waals surface area (Å²) in [4.78, 5) is 15.9. The Kier molecular flexibility index (Phi) is 2.38. The number of fused-ring (bicyclic) bond motifs is 5. The van der Waals surface area contributed by atoms with Gasteiger partial charge in [-0.05, 0) is 6.07 Å². The molecule has 0 amide bonds. The van der Waals surface area contributed by atoms with E-state index in [1.54, 1.807) is 11.8 Å². The SMILES string of the molecule is C[C@@]12COc3ccccc3C1c1sc(=O)[nH]c1SC2. The molecule has 2 aliphatic rings. The van der Waals surface area contributed by atoms with Gasteiger partial charge in [0.2, 0.25) is 0 Å². The second-order valence-electron chi connectivity index (χ2n) is 5.41. The largest absolute Gasteiger partial charge is 0.493 e. The smallest absolute Gasteiger partial charge is 0.305 e. The van der Waals surface area contributed by atoms with Crippen molar-refractivity contribution in [3.8, 4) is 5.75 Å². The molecular formula is C14H13NO2S2. The summed E-state index contributed by atoms with van der Waals surface area (Å²) in [5, 5.41) is 1.05. The summed E-state index contributed by atoms with van der Waals surface area (Å²) in [6.07, 6.45) is 0. The van der Waals surface area contributed by atoms with Crippen molar-refractivity contribution in [1.82, 2.24) is 4.98 Å². The molecule has 3 heterocycles. The first kappa shape index (κ1) is 11.6. The average Bonchev–Trinajstić information content (AvgIpc) is 2.78. The monoisotopic (exact) mass is 291 g/mol. The Labute approximate surface area is 119 Å². The van der Waals surface area contributed by atoms with Crippen molar-refractivity contribution in [1.29, 1.82) is 0 Å². The highest BCUT2D eigenvalue weighted by atomic mass is 32.2. The Bertz CT molecular complexity index is 705. The standard InChI is InChI=1S/C14H13NO2S2/c1-14-6-17-9-5-3-2-4-8(9)10(14)11-12(18-7-14)15-13(16)19-11/h2-5,10H,6-7H2,1H3,(H,15,16)/t10?,14-/m0/s1. The Balaban J connectivity index is 1.98. The van der Waals surface area contributed by atoms with Gasteiger partial charge in [0.15, 0.2) is 0 Å². The Morgan fingerprint density at radius 1 is 1.42 bits per heavy atom. The fourth-order valence-corrected chi connectivity index (χ4v) is 5.54. The van der Waals surface area contributed by atoms with Crippen LogP contribution in [0.4, 0.5) is 0 Å². The lowest BCUT2D eigenvalue weighted by atomic mass is 9.72. The minimum Gasteiger partial charge on any atom is -0.493 e. The number of thiazole rings is 1. The topological polar surface area (TPSA) is 42.1 Å². The third kappa shape index (κ3) is 1.61. The highest BCUT2D eigenvalue weighted by Gasteiger charge is 2.46. The Hall–Kier alpha value is -1.20. The van der Waals surface area contributed by atoms with Crippen LogP contribution in [-0.4, -0.2) is 17.3 Å². The van der Waals surface area contributed by atoms with Gasteiger partial charge in [0, 0.05) is 27.5 Å². The highest BCUT2D eigenvalue weighted by Crippen LogP contribution is 2.55. The molecule has 1 aromatic carbocycles. The van der Waals surface area contributed by atoms with E-state index < -0.39 is 0 Å². The van der Waals surface area contributed by atoms with E-state index in [4.69, 9.17) is 4.74 Å². The molecule has 1 N–H and O–H groups in total. The van der Waals surface area contributed by atoms with Gasteiger partial charge in [-0.25, -0.2) is 0 Å². The molecule has 1 aromatic heterocycles. The van der Waals surface area contributed by atoms with E-state index in [-0.39, 0.29) is 16.2 Å². The Morgan fingerprint density at radius 3 is 3.16 bits per heavy atom. The normalized spacial score (nSPS) is 27.9. The predicted octanol–water partition coefficient (Wildman–Crippen LogP) is 3.07. The lowest BCUT2D eigenvalue weighted by molar-refractivity contribution is 0.137. The van der Waals surface area contributed by atoms with Crippen LogP contribution in [0.25, 0.3) is 0 Å². The molecule has 0 saturated heterocycles. The first-order chi connectivity index (χ1) is 9.17. The molecular weight excluding hydrogens is 278 g/mol. The summed E-state index contributed by atoms with van der Waals surface area (Å²) < 4.78 is 5.92. The van der Waals surface area contributed by atoms with Crippen LogP contribution in [0, 0.1) is 5.41 Å². The lowest BCUT2D eigenvalue weighted by Gasteiger charge is -2.44. The number of hydrogen-bond donors (Lipinski definition) is 1. The van der Waals surface area contributed by atoms with Crippen molar-refractivity contribution in [3.05, 3.63) is 44.4 Å². The van der Waals surface area contributed by atoms with Gasteiger partial charge in [-0.3, -0.25) is 4.79 Å². The molecule has 19 heavy (non-hydrogen) atoms. The predicted molar refractivity (Wildman–Crippen MR) is 77.6 cm³/mol. The number of para-hydroxylation sites is 1. The number of ether oxygens (including phenoxy) is 1. The van der Waals surface area contributed by atoms with Crippen molar-refractivity contribution < 1.29 is 4.74 Å². The summed E-state index contributed by atoms with van der Waals surface area (Å²) in [6.45, 7) is 2.97. The second-order valence-corrected chi connectivity index (χ2v) is 7.41. The number of aromatic nitrogens is 1. The molecule has 1 unspecified atom stereocenters. The van der Waals surface area contributed by atoms with Crippen LogP contribution in [0.3, 0.4) is 0 Å².